The van der Waals surface area contributed by atoms with Crippen LogP contribution in [0.4, 0.5) is 0 Å². The summed E-state index contributed by atoms with van der Waals surface area (Å²) in [6, 6.07) is 11.9. The molecule has 2 aromatic carbocycles. The first-order chi connectivity index (χ1) is 14.6. The van der Waals surface area contributed by atoms with Crippen molar-refractivity contribution in [1.29, 1.82) is 0 Å². The van der Waals surface area contributed by atoms with E-state index in [1.165, 1.54) is 5.56 Å². The number of fused-ring (bicyclic) bond motifs is 2. The molecule has 0 N–H and O–H groups in total. The summed E-state index contributed by atoms with van der Waals surface area (Å²) in [5.74, 6) is 1.70. The Labute approximate surface area is 182 Å². The van der Waals surface area contributed by atoms with Crippen molar-refractivity contribution in [2.75, 3.05) is 19.8 Å². The summed E-state index contributed by atoms with van der Waals surface area (Å²) >= 11 is 6.11. The van der Waals surface area contributed by atoms with E-state index in [9.17, 15) is 4.79 Å². The van der Waals surface area contributed by atoms with Crippen LogP contribution >= 0.6 is 11.6 Å². The number of amides is 1. The summed E-state index contributed by atoms with van der Waals surface area (Å²) in [6.45, 7) is 6.27. The van der Waals surface area contributed by atoms with Crippen molar-refractivity contribution in [3.05, 3.63) is 64.7 Å². The molecule has 0 atom stereocenters. The number of halogens is 1. The number of hydrogen-bond acceptors (Lipinski definition) is 3. The van der Waals surface area contributed by atoms with E-state index in [-0.39, 0.29) is 5.91 Å². The summed E-state index contributed by atoms with van der Waals surface area (Å²) in [6.07, 6.45) is 5.51. The number of ether oxygens (including phenoxy) is 2. The van der Waals surface area contributed by atoms with Crippen LogP contribution in [0.1, 0.15) is 48.8 Å². The number of hydrogen-bond donors (Lipinski definition) is 0. The van der Waals surface area contributed by atoms with Crippen LogP contribution in [0.5, 0.6) is 11.5 Å². The average molecular weight is 424 g/mol. The van der Waals surface area contributed by atoms with Crippen molar-refractivity contribution in [3.63, 3.8) is 0 Å². The van der Waals surface area contributed by atoms with Gasteiger partial charge in [0.15, 0.2) is 11.5 Å². The molecule has 0 unspecified atom stereocenters. The number of nitrogens with zero attached hydrogens (tertiary/aromatic N) is 1. The third-order valence-electron chi connectivity index (χ3n) is 6.72. The summed E-state index contributed by atoms with van der Waals surface area (Å²) in [7, 11) is 0. The topological polar surface area (TPSA) is 38.8 Å². The van der Waals surface area contributed by atoms with Crippen molar-refractivity contribution >= 4 is 23.2 Å². The van der Waals surface area contributed by atoms with Gasteiger partial charge in [0, 0.05) is 29.2 Å². The molecular weight excluding hydrogens is 398 g/mol. The van der Waals surface area contributed by atoms with E-state index < -0.39 is 5.41 Å². The summed E-state index contributed by atoms with van der Waals surface area (Å²) in [5, 5.41) is 0.693. The van der Waals surface area contributed by atoms with Gasteiger partial charge in [-0.1, -0.05) is 43.2 Å². The third-order valence-corrected chi connectivity index (χ3v) is 6.98. The maximum absolute atomic E-state index is 13.9. The lowest BCUT2D eigenvalue weighted by molar-refractivity contribution is -0.134. The van der Waals surface area contributed by atoms with E-state index in [0.29, 0.717) is 24.8 Å². The van der Waals surface area contributed by atoms with Crippen molar-refractivity contribution in [1.82, 2.24) is 4.90 Å². The molecule has 2 aliphatic heterocycles. The van der Waals surface area contributed by atoms with Gasteiger partial charge < -0.3 is 14.4 Å². The normalized spacial score (nSPS) is 19.9. The van der Waals surface area contributed by atoms with Crippen molar-refractivity contribution in [2.24, 2.45) is 0 Å². The van der Waals surface area contributed by atoms with Crippen LogP contribution in [0.3, 0.4) is 0 Å². The molecule has 156 valence electrons. The fourth-order valence-electron chi connectivity index (χ4n) is 5.09. The lowest BCUT2D eigenvalue weighted by Crippen LogP contribution is -2.46. The largest absolute Gasteiger partial charge is 0.490 e. The molecule has 1 saturated carbocycles. The van der Waals surface area contributed by atoms with Crippen molar-refractivity contribution in [2.45, 2.75) is 43.9 Å². The van der Waals surface area contributed by atoms with Crippen LogP contribution in [0, 0.1) is 0 Å². The zero-order valence-corrected chi connectivity index (χ0v) is 17.8. The minimum absolute atomic E-state index is 0.157. The highest BCUT2D eigenvalue weighted by molar-refractivity contribution is 6.30. The molecule has 0 spiro atoms. The van der Waals surface area contributed by atoms with E-state index >= 15 is 0 Å². The number of carbonyl (C=O) groups is 1. The monoisotopic (exact) mass is 423 g/mol. The van der Waals surface area contributed by atoms with Crippen LogP contribution in [-0.4, -0.2) is 30.6 Å². The van der Waals surface area contributed by atoms with Crippen LogP contribution in [0.2, 0.25) is 5.02 Å². The van der Waals surface area contributed by atoms with Gasteiger partial charge in [0.25, 0.3) is 0 Å². The Morgan fingerprint density at radius 1 is 1.00 bits per heavy atom. The van der Waals surface area contributed by atoms with Gasteiger partial charge >= 0.3 is 0 Å². The highest BCUT2D eigenvalue weighted by atomic mass is 35.5. The van der Waals surface area contributed by atoms with Gasteiger partial charge in [0.05, 0.1) is 18.6 Å². The van der Waals surface area contributed by atoms with Crippen molar-refractivity contribution < 1.29 is 14.3 Å². The second-order valence-electron chi connectivity index (χ2n) is 8.46. The van der Waals surface area contributed by atoms with Gasteiger partial charge in [-0.3, -0.25) is 4.79 Å². The molecule has 1 amide bonds. The first kappa shape index (κ1) is 19.5. The summed E-state index contributed by atoms with van der Waals surface area (Å²) in [4.78, 5) is 15.8. The average Bonchev–Trinajstić information content (AvgIpc) is 3.14. The molecule has 1 aliphatic carbocycles. The third kappa shape index (κ3) is 3.18. The predicted octanol–water partition coefficient (Wildman–Crippen LogP) is 5.37. The maximum atomic E-state index is 13.9. The Morgan fingerprint density at radius 3 is 2.37 bits per heavy atom. The van der Waals surface area contributed by atoms with Crippen LogP contribution < -0.4 is 9.47 Å². The van der Waals surface area contributed by atoms with Gasteiger partial charge in [-0.2, -0.15) is 0 Å². The smallest absolute Gasteiger partial charge is 0.237 e. The highest BCUT2D eigenvalue weighted by Gasteiger charge is 2.46. The van der Waals surface area contributed by atoms with E-state index in [1.54, 1.807) is 0 Å². The Kier molecular flexibility index (Phi) is 4.98. The molecule has 5 rings (SSSR count). The standard InChI is InChI=1S/C25H26ClNO3/c1-17-21-16-23-22(29-13-4-14-30-23)15-18(21)9-12-27(17)24(28)25(10-2-3-11-25)19-5-7-20(26)8-6-19/h5-8,15-16H,1-4,9-14H2. The van der Waals surface area contributed by atoms with Crippen LogP contribution in [0.15, 0.2) is 43.0 Å². The van der Waals surface area contributed by atoms with Crippen molar-refractivity contribution in [3.8, 4) is 11.5 Å². The predicted molar refractivity (Wildman–Crippen MR) is 118 cm³/mol. The molecule has 3 aliphatic rings. The van der Waals surface area contributed by atoms with Gasteiger partial charge in [0.1, 0.15) is 0 Å². The Hall–Kier alpha value is -2.46. The summed E-state index contributed by atoms with van der Waals surface area (Å²) in [5.41, 5.74) is 3.49. The molecule has 0 saturated heterocycles. The van der Waals surface area contributed by atoms with Gasteiger partial charge in [-0.05, 0) is 54.7 Å². The zero-order valence-electron chi connectivity index (χ0n) is 17.1. The van der Waals surface area contributed by atoms with Gasteiger partial charge in [0.2, 0.25) is 5.91 Å². The molecule has 2 aromatic rings. The molecule has 30 heavy (non-hydrogen) atoms. The van der Waals surface area contributed by atoms with E-state index in [2.05, 4.69) is 12.6 Å². The molecule has 5 heteroatoms. The van der Waals surface area contributed by atoms with Crippen LogP contribution in [0.25, 0.3) is 5.70 Å². The second kappa shape index (κ2) is 7.66. The minimum Gasteiger partial charge on any atom is -0.490 e. The Balaban J connectivity index is 1.49. The first-order valence-electron chi connectivity index (χ1n) is 10.8. The second-order valence-corrected chi connectivity index (χ2v) is 8.89. The highest BCUT2D eigenvalue weighted by Crippen LogP contribution is 2.46. The number of benzene rings is 2. The molecule has 0 bridgehead atoms. The summed E-state index contributed by atoms with van der Waals surface area (Å²) < 4.78 is 11.7. The molecule has 0 radical (unpaired) electrons. The Bertz CT molecular complexity index is 992. The maximum Gasteiger partial charge on any atom is 0.237 e. The van der Waals surface area contributed by atoms with Crippen LogP contribution in [-0.2, 0) is 16.6 Å². The van der Waals surface area contributed by atoms with E-state index in [4.69, 9.17) is 21.1 Å². The SMILES string of the molecule is C=C1c2cc3c(cc2CCN1C(=O)C1(c2ccc(Cl)cc2)CCCC1)OCCCO3. The zero-order chi connectivity index (χ0) is 20.7. The number of carbonyl (C=O) groups excluding carboxylic acids is 1. The van der Waals surface area contributed by atoms with Gasteiger partial charge in [-0.15, -0.1) is 0 Å². The molecule has 0 aromatic heterocycles. The minimum atomic E-state index is -0.490. The quantitative estimate of drug-likeness (QED) is 0.651. The molecule has 4 nitrogen and oxygen atoms in total. The lowest BCUT2D eigenvalue weighted by atomic mass is 9.77. The van der Waals surface area contributed by atoms with E-state index in [1.807, 2.05) is 35.2 Å². The molecule has 2 heterocycles. The fourth-order valence-corrected chi connectivity index (χ4v) is 5.22. The fraction of sp³-hybridized carbons (Fsp3) is 0.400. The van der Waals surface area contributed by atoms with Gasteiger partial charge in [-0.25, -0.2) is 0 Å². The van der Waals surface area contributed by atoms with E-state index in [0.717, 1.165) is 66.8 Å². The lowest BCUT2D eigenvalue weighted by Gasteiger charge is -2.38. The Morgan fingerprint density at radius 2 is 1.67 bits per heavy atom. The number of rotatable bonds is 2. The first-order valence-corrected chi connectivity index (χ1v) is 11.2. The molecular formula is C25H26ClNO3. The molecule has 1 fully saturated rings.